The lowest BCUT2D eigenvalue weighted by molar-refractivity contribution is -0.140. The molecule has 1 saturated heterocycles. The minimum Gasteiger partial charge on any atom is -0.507 e. The Kier molecular flexibility index (Phi) is 6.32. The van der Waals surface area contributed by atoms with Gasteiger partial charge in [0.15, 0.2) is 11.6 Å². The Bertz CT molecular complexity index is 1260. The lowest BCUT2D eigenvalue weighted by atomic mass is 9.95. The van der Waals surface area contributed by atoms with Crippen molar-refractivity contribution >= 4 is 23.1 Å². The predicted octanol–water partition coefficient (Wildman–Crippen LogP) is 3.92. The fraction of sp³-hybridized carbons (Fsp3) is 0.192. The summed E-state index contributed by atoms with van der Waals surface area (Å²) >= 11 is 0. The SMILES string of the molecule is COc1ccc(C(O)=C2C(=O)C(=O)N(Cc3ccncc3)[C@H]2c2ccc(N(C)C)cc2)cc1F. The summed E-state index contributed by atoms with van der Waals surface area (Å²) in [5.41, 5.74) is 2.35. The number of methoxy groups -OCH3 is 1. The van der Waals surface area contributed by atoms with Crippen LogP contribution in [-0.2, 0) is 16.1 Å². The number of carbonyl (C=O) groups is 2. The maximum atomic E-state index is 14.3. The van der Waals surface area contributed by atoms with Crippen LogP contribution in [0.25, 0.3) is 5.76 Å². The third-order valence-electron chi connectivity index (χ3n) is 5.79. The molecule has 0 bridgehead atoms. The molecular weight excluding hydrogens is 437 g/mol. The van der Waals surface area contributed by atoms with Gasteiger partial charge in [0.05, 0.1) is 18.7 Å². The number of anilines is 1. The number of aromatic nitrogens is 1. The second-order valence-electron chi connectivity index (χ2n) is 8.12. The molecule has 1 atom stereocenters. The van der Waals surface area contributed by atoms with Gasteiger partial charge in [-0.05, 0) is 53.6 Å². The monoisotopic (exact) mass is 461 g/mol. The molecule has 3 aromatic rings. The normalized spacial score (nSPS) is 17.2. The topological polar surface area (TPSA) is 83.0 Å². The van der Waals surface area contributed by atoms with Crippen molar-refractivity contribution in [2.75, 3.05) is 26.1 Å². The van der Waals surface area contributed by atoms with E-state index in [-0.39, 0.29) is 23.4 Å². The number of nitrogens with zero attached hydrogens (tertiary/aromatic N) is 3. The molecule has 0 saturated carbocycles. The van der Waals surface area contributed by atoms with Gasteiger partial charge >= 0.3 is 0 Å². The molecule has 1 aliphatic heterocycles. The molecule has 8 heteroatoms. The molecule has 0 radical (unpaired) electrons. The Morgan fingerprint density at radius 3 is 2.35 bits per heavy atom. The van der Waals surface area contributed by atoms with E-state index in [1.165, 1.54) is 24.1 Å². The zero-order valence-corrected chi connectivity index (χ0v) is 19.0. The molecule has 2 aromatic carbocycles. The molecule has 174 valence electrons. The van der Waals surface area contributed by atoms with Gasteiger partial charge in [0.2, 0.25) is 0 Å². The average molecular weight is 461 g/mol. The summed E-state index contributed by atoms with van der Waals surface area (Å²) in [5, 5.41) is 11.1. The Morgan fingerprint density at radius 1 is 1.09 bits per heavy atom. The number of Topliss-reactive ketones (excluding diaryl/α,β-unsaturated/α-hetero) is 1. The minimum absolute atomic E-state index is 0.00510. The zero-order valence-electron chi connectivity index (χ0n) is 19.0. The molecule has 7 nitrogen and oxygen atoms in total. The van der Waals surface area contributed by atoms with Crippen molar-refractivity contribution in [2.45, 2.75) is 12.6 Å². The first-order valence-electron chi connectivity index (χ1n) is 10.6. The van der Waals surface area contributed by atoms with Crippen LogP contribution in [0, 0.1) is 5.82 Å². The second kappa shape index (κ2) is 9.35. The van der Waals surface area contributed by atoms with Gasteiger partial charge in [0.25, 0.3) is 11.7 Å². The second-order valence-corrected chi connectivity index (χ2v) is 8.12. The molecule has 4 rings (SSSR count). The van der Waals surface area contributed by atoms with Crippen molar-refractivity contribution in [3.63, 3.8) is 0 Å². The average Bonchev–Trinajstić information content (AvgIpc) is 3.09. The maximum absolute atomic E-state index is 14.3. The van der Waals surface area contributed by atoms with E-state index >= 15 is 0 Å². The van der Waals surface area contributed by atoms with E-state index in [0.29, 0.717) is 5.56 Å². The quantitative estimate of drug-likeness (QED) is 0.340. The van der Waals surface area contributed by atoms with Gasteiger partial charge in [-0.3, -0.25) is 14.6 Å². The first-order valence-corrected chi connectivity index (χ1v) is 10.6. The number of carbonyl (C=O) groups excluding carboxylic acids is 2. The summed E-state index contributed by atoms with van der Waals surface area (Å²) in [7, 11) is 5.14. The zero-order chi connectivity index (χ0) is 24.4. The molecular formula is C26H24FN3O4. The summed E-state index contributed by atoms with van der Waals surface area (Å²) in [5.74, 6) is -2.70. The molecule has 1 aromatic heterocycles. The molecule has 1 N–H and O–H groups in total. The van der Waals surface area contributed by atoms with E-state index < -0.39 is 29.3 Å². The summed E-state index contributed by atoms with van der Waals surface area (Å²) in [4.78, 5) is 33.6. The largest absolute Gasteiger partial charge is 0.507 e. The summed E-state index contributed by atoms with van der Waals surface area (Å²) in [6, 6.07) is 13.9. The van der Waals surface area contributed by atoms with Gasteiger partial charge < -0.3 is 19.6 Å². The Hall–Kier alpha value is -4.20. The molecule has 1 aliphatic rings. The Morgan fingerprint density at radius 2 is 1.76 bits per heavy atom. The third kappa shape index (κ3) is 4.22. The molecule has 34 heavy (non-hydrogen) atoms. The molecule has 0 unspecified atom stereocenters. The number of ketones is 1. The van der Waals surface area contributed by atoms with E-state index in [0.717, 1.165) is 17.3 Å². The van der Waals surface area contributed by atoms with Crippen LogP contribution in [0.5, 0.6) is 5.75 Å². The molecule has 0 spiro atoms. The van der Waals surface area contributed by atoms with Crippen LogP contribution < -0.4 is 9.64 Å². The van der Waals surface area contributed by atoms with Gasteiger partial charge in [0.1, 0.15) is 5.76 Å². The highest BCUT2D eigenvalue weighted by atomic mass is 19.1. The smallest absolute Gasteiger partial charge is 0.295 e. The molecule has 1 amide bonds. The standard InChI is InChI=1S/C26H24FN3O4/c1-29(2)19-7-4-17(5-8-19)23-22(24(31)18-6-9-21(34-3)20(27)14-18)25(32)26(33)30(23)15-16-10-12-28-13-11-16/h4-14,23,31H,15H2,1-3H3/t23-/m0/s1. The van der Waals surface area contributed by atoms with Crippen molar-refractivity contribution in [2.24, 2.45) is 0 Å². The lowest BCUT2D eigenvalue weighted by Crippen LogP contribution is -2.29. The first kappa shape index (κ1) is 23.0. The highest BCUT2D eigenvalue weighted by Crippen LogP contribution is 2.41. The number of halogens is 1. The first-order chi connectivity index (χ1) is 16.3. The highest BCUT2D eigenvalue weighted by Gasteiger charge is 2.46. The number of rotatable bonds is 6. The number of hydrogen-bond donors (Lipinski definition) is 1. The van der Waals surface area contributed by atoms with Crippen molar-refractivity contribution in [3.8, 4) is 5.75 Å². The lowest BCUT2D eigenvalue weighted by Gasteiger charge is -2.26. The number of amides is 1. The summed E-state index contributed by atoms with van der Waals surface area (Å²) < 4.78 is 19.3. The van der Waals surface area contributed by atoms with E-state index in [2.05, 4.69) is 4.98 Å². The van der Waals surface area contributed by atoms with Gasteiger partial charge in [0, 0.05) is 44.3 Å². The van der Waals surface area contributed by atoms with Crippen LogP contribution >= 0.6 is 0 Å². The van der Waals surface area contributed by atoms with Crippen LogP contribution in [0.3, 0.4) is 0 Å². The predicted molar refractivity (Wildman–Crippen MR) is 126 cm³/mol. The van der Waals surface area contributed by atoms with Crippen molar-refractivity contribution in [3.05, 3.63) is 95.1 Å². The number of aliphatic hydroxyl groups is 1. The van der Waals surface area contributed by atoms with Crippen LogP contribution in [0.1, 0.15) is 22.7 Å². The van der Waals surface area contributed by atoms with E-state index in [1.54, 1.807) is 24.5 Å². The van der Waals surface area contributed by atoms with E-state index in [4.69, 9.17) is 4.74 Å². The fourth-order valence-electron chi connectivity index (χ4n) is 4.00. The van der Waals surface area contributed by atoms with Gasteiger partial charge in [-0.1, -0.05) is 12.1 Å². The number of hydrogen-bond acceptors (Lipinski definition) is 6. The highest BCUT2D eigenvalue weighted by molar-refractivity contribution is 6.46. The van der Waals surface area contributed by atoms with Crippen LogP contribution in [0.2, 0.25) is 0 Å². The number of pyridine rings is 1. The van der Waals surface area contributed by atoms with Crippen LogP contribution in [0.15, 0.2) is 72.6 Å². The Balaban J connectivity index is 1.85. The van der Waals surface area contributed by atoms with Gasteiger partial charge in [-0.15, -0.1) is 0 Å². The van der Waals surface area contributed by atoms with Gasteiger partial charge in [-0.2, -0.15) is 0 Å². The third-order valence-corrected chi connectivity index (χ3v) is 5.79. The summed E-state index contributed by atoms with van der Waals surface area (Å²) in [6.07, 6.45) is 3.21. The number of aliphatic hydroxyl groups excluding tert-OH is 1. The molecule has 2 heterocycles. The van der Waals surface area contributed by atoms with Crippen LogP contribution in [0.4, 0.5) is 10.1 Å². The number of ether oxygens (including phenoxy) is 1. The van der Waals surface area contributed by atoms with Crippen molar-refractivity contribution in [1.29, 1.82) is 0 Å². The van der Waals surface area contributed by atoms with Crippen LogP contribution in [-0.4, -0.2) is 47.9 Å². The molecule has 1 fully saturated rings. The number of likely N-dealkylation sites (tertiary alicyclic amines) is 1. The van der Waals surface area contributed by atoms with Crippen molar-refractivity contribution < 1.29 is 23.8 Å². The number of benzene rings is 2. The molecule has 0 aliphatic carbocycles. The van der Waals surface area contributed by atoms with Gasteiger partial charge in [-0.25, -0.2) is 4.39 Å². The van der Waals surface area contributed by atoms with Crippen molar-refractivity contribution in [1.82, 2.24) is 9.88 Å². The maximum Gasteiger partial charge on any atom is 0.295 e. The minimum atomic E-state index is -0.852. The summed E-state index contributed by atoms with van der Waals surface area (Å²) in [6.45, 7) is 0.140. The fourth-order valence-corrected chi connectivity index (χ4v) is 4.00. The van der Waals surface area contributed by atoms with E-state index in [9.17, 15) is 19.1 Å². The Labute approximate surface area is 196 Å². The van der Waals surface area contributed by atoms with E-state index in [1.807, 2.05) is 43.3 Å².